The molecule has 2 heterocycles. The van der Waals surface area contributed by atoms with Crippen molar-refractivity contribution in [3.63, 3.8) is 0 Å². The minimum absolute atomic E-state index is 0.0514. The molecule has 1 fully saturated rings. The molecule has 1 aromatic heterocycles. The molecule has 1 saturated heterocycles. The summed E-state index contributed by atoms with van der Waals surface area (Å²) in [5, 5.41) is 0. The Morgan fingerprint density at radius 3 is 2.58 bits per heavy atom. The maximum Gasteiger partial charge on any atom is 0.289 e. The highest BCUT2D eigenvalue weighted by Crippen LogP contribution is 2.18. The van der Waals surface area contributed by atoms with E-state index in [4.69, 9.17) is 4.42 Å². The number of likely N-dealkylation sites (tertiary alicyclic amines) is 1. The van der Waals surface area contributed by atoms with Crippen LogP contribution < -0.4 is 0 Å². The predicted molar refractivity (Wildman–Crippen MR) is 94.4 cm³/mol. The van der Waals surface area contributed by atoms with Crippen LogP contribution in [0.1, 0.15) is 47.6 Å². The highest BCUT2D eigenvalue weighted by atomic mass is 32.2. The van der Waals surface area contributed by atoms with Crippen LogP contribution in [0.4, 0.5) is 0 Å². The molecule has 0 radical (unpaired) electrons. The van der Waals surface area contributed by atoms with E-state index in [0.29, 0.717) is 11.5 Å². The average Bonchev–Trinajstić information content (AvgIpc) is 2.87. The van der Waals surface area contributed by atoms with Gasteiger partial charge in [0.2, 0.25) is 0 Å². The van der Waals surface area contributed by atoms with Crippen LogP contribution in [0.5, 0.6) is 0 Å². The first-order valence-corrected chi connectivity index (χ1v) is 9.78. The lowest BCUT2D eigenvalue weighted by atomic mass is 10.2. The molecule has 0 bridgehead atoms. The van der Waals surface area contributed by atoms with E-state index < -0.39 is 10.8 Å². The highest BCUT2D eigenvalue weighted by Gasteiger charge is 2.20. The predicted octanol–water partition coefficient (Wildman–Crippen LogP) is 3.91. The van der Waals surface area contributed by atoms with E-state index in [9.17, 15) is 9.00 Å². The molecule has 0 spiro atoms. The molecular formula is C19H23NO3S. The van der Waals surface area contributed by atoms with Gasteiger partial charge in [-0.15, -0.1) is 0 Å². The highest BCUT2D eigenvalue weighted by molar-refractivity contribution is 7.84. The maximum atomic E-state index is 12.5. The number of aryl methyl sites for hydroxylation is 1. The monoisotopic (exact) mass is 345 g/mol. The van der Waals surface area contributed by atoms with Gasteiger partial charge in [-0.3, -0.25) is 9.00 Å². The summed E-state index contributed by atoms with van der Waals surface area (Å²) in [7, 11) is -1.17. The van der Waals surface area contributed by atoms with Crippen molar-refractivity contribution in [3.8, 4) is 0 Å². The van der Waals surface area contributed by atoms with Gasteiger partial charge in [-0.1, -0.05) is 25.0 Å². The number of carbonyl (C=O) groups is 1. The molecule has 1 aromatic carbocycles. The van der Waals surface area contributed by atoms with E-state index in [0.717, 1.165) is 36.4 Å². The normalized spacial score (nSPS) is 16.6. The summed E-state index contributed by atoms with van der Waals surface area (Å²) < 4.78 is 18.1. The van der Waals surface area contributed by atoms with Crippen molar-refractivity contribution >= 4 is 16.7 Å². The lowest BCUT2D eigenvalue weighted by molar-refractivity contribution is 0.0728. The first-order chi connectivity index (χ1) is 11.6. The number of furan rings is 1. The molecule has 0 saturated carbocycles. The van der Waals surface area contributed by atoms with Crippen LogP contribution >= 0.6 is 0 Å². The van der Waals surface area contributed by atoms with Crippen LogP contribution in [0.2, 0.25) is 0 Å². The second-order valence-corrected chi connectivity index (χ2v) is 7.73. The molecule has 128 valence electrons. The van der Waals surface area contributed by atoms with E-state index >= 15 is 0 Å². The van der Waals surface area contributed by atoms with E-state index in [1.807, 2.05) is 36.1 Å². The van der Waals surface area contributed by atoms with Crippen LogP contribution in [0, 0.1) is 6.92 Å². The summed E-state index contributed by atoms with van der Waals surface area (Å²) in [4.78, 5) is 15.2. The molecular weight excluding hydrogens is 322 g/mol. The fraction of sp³-hybridized carbons (Fsp3) is 0.421. The zero-order valence-corrected chi connectivity index (χ0v) is 14.8. The molecule has 1 amide bonds. The molecule has 5 heteroatoms. The number of hydrogen-bond donors (Lipinski definition) is 0. The maximum absolute atomic E-state index is 12.5. The van der Waals surface area contributed by atoms with Crippen molar-refractivity contribution in [1.29, 1.82) is 0 Å². The number of hydrogen-bond acceptors (Lipinski definition) is 3. The van der Waals surface area contributed by atoms with Gasteiger partial charge in [-0.2, -0.15) is 0 Å². The first kappa shape index (κ1) is 17.0. The van der Waals surface area contributed by atoms with Gasteiger partial charge in [-0.25, -0.2) is 0 Å². The Morgan fingerprint density at radius 2 is 1.88 bits per heavy atom. The van der Waals surface area contributed by atoms with Gasteiger partial charge < -0.3 is 9.32 Å². The topological polar surface area (TPSA) is 50.5 Å². The molecule has 1 aliphatic rings. The Morgan fingerprint density at radius 1 is 1.12 bits per heavy atom. The number of nitrogens with zero attached hydrogens (tertiary/aromatic N) is 1. The van der Waals surface area contributed by atoms with Gasteiger partial charge >= 0.3 is 0 Å². The van der Waals surface area contributed by atoms with Crippen LogP contribution in [0.3, 0.4) is 0 Å². The van der Waals surface area contributed by atoms with Gasteiger partial charge in [0.15, 0.2) is 5.76 Å². The third-order valence-electron chi connectivity index (χ3n) is 4.29. The van der Waals surface area contributed by atoms with Crippen molar-refractivity contribution in [1.82, 2.24) is 4.90 Å². The molecule has 24 heavy (non-hydrogen) atoms. The van der Waals surface area contributed by atoms with Crippen molar-refractivity contribution in [2.75, 3.05) is 13.1 Å². The minimum Gasteiger partial charge on any atom is -0.455 e. The molecule has 0 aliphatic carbocycles. The molecule has 2 aromatic rings. The third kappa shape index (κ3) is 4.15. The second kappa shape index (κ2) is 7.79. The number of amides is 1. The third-order valence-corrected chi connectivity index (χ3v) is 5.62. The zero-order chi connectivity index (χ0) is 16.9. The van der Waals surface area contributed by atoms with E-state index in [-0.39, 0.29) is 11.7 Å². The Hall–Kier alpha value is -1.88. The Bertz CT molecular complexity index is 730. The standard InChI is InChI=1S/C19H23NO3S/c1-15-7-6-8-17(13-15)24(22)14-16-9-10-18(23-16)19(21)20-11-4-2-3-5-12-20/h6-10,13H,2-5,11-12,14H2,1H3. The van der Waals surface area contributed by atoms with Crippen LogP contribution in [-0.4, -0.2) is 28.1 Å². The lowest BCUT2D eigenvalue weighted by Crippen LogP contribution is -2.31. The Balaban J connectivity index is 1.66. The molecule has 0 N–H and O–H groups in total. The molecule has 1 unspecified atom stereocenters. The summed E-state index contributed by atoms with van der Waals surface area (Å²) in [6, 6.07) is 11.1. The smallest absolute Gasteiger partial charge is 0.289 e. The van der Waals surface area contributed by atoms with Crippen molar-refractivity contribution in [2.45, 2.75) is 43.3 Å². The number of rotatable bonds is 4. The fourth-order valence-corrected chi connectivity index (χ4v) is 4.10. The molecule has 1 atom stereocenters. The van der Waals surface area contributed by atoms with Crippen LogP contribution in [0.15, 0.2) is 45.7 Å². The number of benzene rings is 1. The van der Waals surface area contributed by atoms with Gasteiger partial charge in [0.25, 0.3) is 5.91 Å². The molecule has 3 rings (SSSR count). The molecule has 4 nitrogen and oxygen atoms in total. The summed E-state index contributed by atoms with van der Waals surface area (Å²) in [6.07, 6.45) is 4.47. The minimum atomic E-state index is -1.17. The van der Waals surface area contributed by atoms with E-state index in [1.54, 1.807) is 12.1 Å². The Kier molecular flexibility index (Phi) is 5.51. The second-order valence-electron chi connectivity index (χ2n) is 6.28. The average molecular weight is 345 g/mol. The number of carbonyl (C=O) groups excluding carboxylic acids is 1. The Labute approximate surface area is 145 Å². The van der Waals surface area contributed by atoms with Crippen LogP contribution in [0.25, 0.3) is 0 Å². The van der Waals surface area contributed by atoms with Gasteiger partial charge in [0.05, 0.1) is 16.6 Å². The van der Waals surface area contributed by atoms with E-state index in [1.165, 1.54) is 12.8 Å². The van der Waals surface area contributed by atoms with Crippen LogP contribution in [-0.2, 0) is 16.6 Å². The van der Waals surface area contributed by atoms with Gasteiger partial charge in [0, 0.05) is 18.0 Å². The van der Waals surface area contributed by atoms with Crippen molar-refractivity contribution in [2.24, 2.45) is 0 Å². The summed E-state index contributed by atoms with van der Waals surface area (Å²) in [5.41, 5.74) is 1.08. The molecule has 1 aliphatic heterocycles. The summed E-state index contributed by atoms with van der Waals surface area (Å²) >= 11 is 0. The van der Waals surface area contributed by atoms with Gasteiger partial charge in [0.1, 0.15) is 5.76 Å². The summed E-state index contributed by atoms with van der Waals surface area (Å²) in [6.45, 7) is 3.57. The van der Waals surface area contributed by atoms with Crippen molar-refractivity contribution in [3.05, 3.63) is 53.5 Å². The largest absolute Gasteiger partial charge is 0.455 e. The fourth-order valence-electron chi connectivity index (χ4n) is 2.97. The SMILES string of the molecule is Cc1cccc(S(=O)Cc2ccc(C(=O)N3CCCCCC3)o2)c1. The zero-order valence-electron chi connectivity index (χ0n) is 14.0. The first-order valence-electron chi connectivity index (χ1n) is 8.46. The lowest BCUT2D eigenvalue weighted by Gasteiger charge is -2.18. The van der Waals surface area contributed by atoms with E-state index in [2.05, 4.69) is 0 Å². The summed E-state index contributed by atoms with van der Waals surface area (Å²) in [5.74, 6) is 1.18. The van der Waals surface area contributed by atoms with Gasteiger partial charge in [-0.05, 0) is 49.6 Å². The van der Waals surface area contributed by atoms with Crippen molar-refractivity contribution < 1.29 is 13.4 Å². The quantitative estimate of drug-likeness (QED) is 0.844.